The molecule has 2 rings (SSSR count). The minimum absolute atomic E-state index is 0.0331. The number of guanidine groups is 1. The van der Waals surface area contributed by atoms with Gasteiger partial charge in [-0.1, -0.05) is 0 Å². The van der Waals surface area contributed by atoms with Crippen molar-refractivity contribution >= 4 is 27.6 Å². The molecule has 0 aliphatic carbocycles. The van der Waals surface area contributed by atoms with E-state index in [0.717, 1.165) is 0 Å². The predicted molar refractivity (Wildman–Crippen MR) is 84.2 cm³/mol. The third-order valence-corrected chi connectivity index (χ3v) is 3.96. The first-order valence-corrected chi connectivity index (χ1v) is 7.79. The molecule has 0 bridgehead atoms. The molecule has 0 aliphatic rings. The topological polar surface area (TPSA) is 136 Å². The van der Waals surface area contributed by atoms with Gasteiger partial charge in [0.25, 0.3) is 10.0 Å². The largest absolute Gasteiger partial charge is 0.370 e. The molecule has 0 fully saturated rings. The molecule has 22 heavy (non-hydrogen) atoms. The fraction of sp³-hybridized carbons (Fsp3) is 0.154. The van der Waals surface area contributed by atoms with Gasteiger partial charge in [0.2, 0.25) is 5.95 Å². The van der Waals surface area contributed by atoms with Gasteiger partial charge < -0.3 is 11.5 Å². The summed E-state index contributed by atoms with van der Waals surface area (Å²) in [5.41, 5.74) is 12.3. The van der Waals surface area contributed by atoms with Crippen LogP contribution in [-0.4, -0.2) is 24.3 Å². The normalized spacial score (nSPS) is 11.0. The molecular weight excluding hydrogens is 304 g/mol. The lowest BCUT2D eigenvalue weighted by Crippen LogP contribution is -2.21. The van der Waals surface area contributed by atoms with Crippen LogP contribution in [0.1, 0.15) is 11.4 Å². The van der Waals surface area contributed by atoms with Crippen LogP contribution in [-0.2, 0) is 10.0 Å². The summed E-state index contributed by atoms with van der Waals surface area (Å²) < 4.78 is 26.9. The van der Waals surface area contributed by atoms with E-state index < -0.39 is 10.0 Å². The number of aryl methyl sites for hydroxylation is 2. The third-order valence-electron chi connectivity index (χ3n) is 2.61. The molecule has 8 nitrogen and oxygen atoms in total. The zero-order chi connectivity index (χ0) is 16.3. The predicted octanol–water partition coefficient (Wildman–Crippen LogP) is 0.799. The summed E-state index contributed by atoms with van der Waals surface area (Å²) >= 11 is 0. The molecule has 2 aromatic rings. The van der Waals surface area contributed by atoms with E-state index in [2.05, 4.69) is 19.7 Å². The van der Waals surface area contributed by atoms with Gasteiger partial charge in [0, 0.05) is 11.4 Å². The first-order chi connectivity index (χ1) is 10.3. The average molecular weight is 320 g/mol. The van der Waals surface area contributed by atoms with Crippen molar-refractivity contribution in [3.05, 3.63) is 41.7 Å². The van der Waals surface area contributed by atoms with Crippen molar-refractivity contribution in [3.63, 3.8) is 0 Å². The van der Waals surface area contributed by atoms with Crippen LogP contribution in [0.3, 0.4) is 0 Å². The summed E-state index contributed by atoms with van der Waals surface area (Å²) in [6.07, 6.45) is 0. The van der Waals surface area contributed by atoms with E-state index in [1.165, 1.54) is 24.3 Å². The number of hydrogen-bond acceptors (Lipinski definition) is 5. The van der Waals surface area contributed by atoms with Gasteiger partial charge in [0.1, 0.15) is 0 Å². The molecule has 0 spiro atoms. The highest BCUT2D eigenvalue weighted by atomic mass is 32.2. The number of sulfonamides is 1. The number of nitrogens with zero attached hydrogens (tertiary/aromatic N) is 3. The molecule has 1 aromatic carbocycles. The van der Waals surface area contributed by atoms with E-state index >= 15 is 0 Å². The number of nitrogens with one attached hydrogen (secondary N) is 1. The number of rotatable bonds is 4. The summed E-state index contributed by atoms with van der Waals surface area (Å²) in [4.78, 5) is 12.0. The second-order valence-corrected chi connectivity index (χ2v) is 6.29. The molecule has 1 heterocycles. The molecule has 0 saturated heterocycles. The molecule has 0 atom stereocenters. The van der Waals surface area contributed by atoms with E-state index in [9.17, 15) is 8.42 Å². The van der Waals surface area contributed by atoms with Crippen molar-refractivity contribution in [2.45, 2.75) is 18.7 Å². The zero-order valence-electron chi connectivity index (χ0n) is 12.1. The Bertz CT molecular complexity index is 791. The Morgan fingerprint density at radius 1 is 1.09 bits per heavy atom. The highest BCUT2D eigenvalue weighted by Gasteiger charge is 2.16. The van der Waals surface area contributed by atoms with Gasteiger partial charge in [-0.15, -0.1) is 0 Å². The fourth-order valence-electron chi connectivity index (χ4n) is 1.80. The van der Waals surface area contributed by atoms with Crippen LogP contribution in [0.5, 0.6) is 0 Å². The van der Waals surface area contributed by atoms with Gasteiger partial charge in [0.05, 0.1) is 10.6 Å². The number of nitrogens with two attached hydrogens (primary N) is 2. The van der Waals surface area contributed by atoms with Crippen molar-refractivity contribution in [1.82, 2.24) is 9.97 Å². The summed E-state index contributed by atoms with van der Waals surface area (Å²) in [6.45, 7) is 3.52. The first-order valence-electron chi connectivity index (χ1n) is 6.31. The molecule has 5 N–H and O–H groups in total. The van der Waals surface area contributed by atoms with Crippen LogP contribution in [0.2, 0.25) is 0 Å². The minimum atomic E-state index is -3.78. The van der Waals surface area contributed by atoms with Gasteiger partial charge in [0.15, 0.2) is 5.96 Å². The second-order valence-electron chi connectivity index (χ2n) is 4.61. The van der Waals surface area contributed by atoms with Crippen LogP contribution < -0.4 is 16.2 Å². The summed E-state index contributed by atoms with van der Waals surface area (Å²) in [7, 11) is -3.78. The highest BCUT2D eigenvalue weighted by Crippen LogP contribution is 2.18. The maximum atomic E-state index is 12.3. The smallest absolute Gasteiger partial charge is 0.264 e. The van der Waals surface area contributed by atoms with Crippen molar-refractivity contribution in [2.75, 3.05) is 4.72 Å². The highest BCUT2D eigenvalue weighted by molar-refractivity contribution is 7.92. The van der Waals surface area contributed by atoms with Gasteiger partial charge in [-0.2, -0.15) is 0 Å². The van der Waals surface area contributed by atoms with Crippen LogP contribution >= 0.6 is 0 Å². The van der Waals surface area contributed by atoms with Gasteiger partial charge in [-0.25, -0.2) is 28.1 Å². The SMILES string of the molecule is Cc1cc(C)nc(NS(=O)(=O)c2ccc(N=C(N)N)cc2)n1. The number of hydrogen-bond donors (Lipinski definition) is 3. The quantitative estimate of drug-likeness (QED) is 0.563. The minimum Gasteiger partial charge on any atom is -0.370 e. The molecule has 0 unspecified atom stereocenters. The lowest BCUT2D eigenvalue weighted by atomic mass is 10.3. The maximum absolute atomic E-state index is 12.3. The molecule has 116 valence electrons. The van der Waals surface area contributed by atoms with Crippen molar-refractivity contribution in [1.29, 1.82) is 0 Å². The van der Waals surface area contributed by atoms with Crippen LogP contribution in [0.15, 0.2) is 40.2 Å². The van der Waals surface area contributed by atoms with E-state index in [-0.39, 0.29) is 16.8 Å². The standard InChI is InChI=1S/C13H16N6O2S/c1-8-7-9(2)17-13(16-8)19-22(20,21)11-5-3-10(4-6-11)18-12(14)15/h3-7H,1-2H3,(H4,14,15,18)(H,16,17,19). The first kappa shape index (κ1) is 15.7. The molecular formula is C13H16N6O2S. The third kappa shape index (κ3) is 3.92. The molecule has 9 heteroatoms. The van der Waals surface area contributed by atoms with E-state index in [0.29, 0.717) is 17.1 Å². The number of aromatic nitrogens is 2. The molecule has 0 amide bonds. The Kier molecular flexibility index (Phi) is 4.27. The van der Waals surface area contributed by atoms with Crippen LogP contribution in [0, 0.1) is 13.8 Å². The number of benzene rings is 1. The fourth-order valence-corrected chi connectivity index (χ4v) is 2.74. The Morgan fingerprint density at radius 2 is 1.64 bits per heavy atom. The Labute approximate surface area is 128 Å². The van der Waals surface area contributed by atoms with Gasteiger partial charge >= 0.3 is 0 Å². The molecule has 0 radical (unpaired) electrons. The molecule has 0 saturated carbocycles. The number of anilines is 1. The Morgan fingerprint density at radius 3 is 2.14 bits per heavy atom. The monoisotopic (exact) mass is 320 g/mol. The lowest BCUT2D eigenvalue weighted by Gasteiger charge is -2.08. The van der Waals surface area contributed by atoms with Crippen LogP contribution in [0.25, 0.3) is 0 Å². The van der Waals surface area contributed by atoms with E-state index in [1.807, 2.05) is 0 Å². The summed E-state index contributed by atoms with van der Waals surface area (Å²) in [6, 6.07) is 7.54. The van der Waals surface area contributed by atoms with Crippen LogP contribution in [0.4, 0.5) is 11.6 Å². The average Bonchev–Trinajstić information content (AvgIpc) is 2.36. The van der Waals surface area contributed by atoms with E-state index in [1.54, 1.807) is 19.9 Å². The van der Waals surface area contributed by atoms with E-state index in [4.69, 9.17) is 11.5 Å². The second kappa shape index (κ2) is 5.98. The lowest BCUT2D eigenvalue weighted by molar-refractivity contribution is 0.601. The van der Waals surface area contributed by atoms with Gasteiger partial charge in [-0.05, 0) is 44.2 Å². The summed E-state index contributed by atoms with van der Waals surface area (Å²) in [5.74, 6) is -0.0665. The van der Waals surface area contributed by atoms with Crippen molar-refractivity contribution in [3.8, 4) is 0 Å². The molecule has 1 aromatic heterocycles. The van der Waals surface area contributed by atoms with Crippen molar-refractivity contribution in [2.24, 2.45) is 16.5 Å². The molecule has 0 aliphatic heterocycles. The maximum Gasteiger partial charge on any atom is 0.264 e. The zero-order valence-corrected chi connectivity index (χ0v) is 12.9. The van der Waals surface area contributed by atoms with Crippen molar-refractivity contribution < 1.29 is 8.42 Å². The summed E-state index contributed by atoms with van der Waals surface area (Å²) in [5, 5.41) is 0. The Balaban J connectivity index is 2.28. The van der Waals surface area contributed by atoms with Gasteiger partial charge in [-0.3, -0.25) is 0 Å². The Hall–Kier alpha value is -2.68. The number of aliphatic imine (C=N–C) groups is 1.